The van der Waals surface area contributed by atoms with Gasteiger partial charge in [-0.25, -0.2) is 0 Å². The normalized spacial score (nSPS) is 11.1. The SMILES string of the molecule is Cc1ccn(CC=CCN)n1. The van der Waals surface area contributed by atoms with E-state index in [2.05, 4.69) is 5.10 Å². The molecule has 0 atom stereocenters. The Kier molecular flexibility index (Phi) is 2.86. The molecule has 1 aromatic rings. The van der Waals surface area contributed by atoms with Gasteiger partial charge in [0.1, 0.15) is 0 Å². The first-order valence-corrected chi connectivity index (χ1v) is 3.68. The third-order valence-corrected chi connectivity index (χ3v) is 1.37. The summed E-state index contributed by atoms with van der Waals surface area (Å²) in [6, 6.07) is 1.98. The smallest absolute Gasteiger partial charge is 0.0593 e. The Hall–Kier alpha value is -1.09. The number of nitrogens with zero attached hydrogens (tertiary/aromatic N) is 2. The molecule has 0 fully saturated rings. The van der Waals surface area contributed by atoms with Gasteiger partial charge in [0.25, 0.3) is 0 Å². The Labute approximate surface area is 66.5 Å². The molecule has 0 aliphatic rings. The van der Waals surface area contributed by atoms with Crippen LogP contribution in [0.25, 0.3) is 0 Å². The minimum atomic E-state index is 0.597. The van der Waals surface area contributed by atoms with Crippen LogP contribution < -0.4 is 5.73 Å². The zero-order chi connectivity index (χ0) is 8.10. The average Bonchev–Trinajstić information content (AvgIpc) is 2.37. The van der Waals surface area contributed by atoms with Gasteiger partial charge in [0.15, 0.2) is 0 Å². The van der Waals surface area contributed by atoms with Crippen molar-refractivity contribution in [3.63, 3.8) is 0 Å². The van der Waals surface area contributed by atoms with Gasteiger partial charge in [-0.2, -0.15) is 5.10 Å². The Morgan fingerprint density at radius 2 is 2.45 bits per heavy atom. The van der Waals surface area contributed by atoms with Gasteiger partial charge in [-0.3, -0.25) is 4.68 Å². The Bertz CT molecular complexity index is 237. The molecule has 1 heterocycles. The monoisotopic (exact) mass is 151 g/mol. The first-order chi connectivity index (χ1) is 5.33. The van der Waals surface area contributed by atoms with Crippen LogP contribution in [0, 0.1) is 6.92 Å². The molecule has 1 aromatic heterocycles. The fourth-order valence-corrected chi connectivity index (χ4v) is 0.844. The molecule has 11 heavy (non-hydrogen) atoms. The van der Waals surface area contributed by atoms with Crippen molar-refractivity contribution in [2.45, 2.75) is 13.5 Å². The van der Waals surface area contributed by atoms with E-state index in [0.717, 1.165) is 12.2 Å². The predicted octanol–water partition coefficient (Wildman–Crippen LogP) is 0.706. The summed E-state index contributed by atoms with van der Waals surface area (Å²) in [5.74, 6) is 0. The predicted molar refractivity (Wildman–Crippen MR) is 45.2 cm³/mol. The van der Waals surface area contributed by atoms with E-state index < -0.39 is 0 Å². The van der Waals surface area contributed by atoms with E-state index >= 15 is 0 Å². The van der Waals surface area contributed by atoms with Crippen molar-refractivity contribution in [2.75, 3.05) is 6.54 Å². The van der Waals surface area contributed by atoms with Gasteiger partial charge < -0.3 is 5.73 Å². The van der Waals surface area contributed by atoms with Crippen molar-refractivity contribution in [3.8, 4) is 0 Å². The molecule has 3 heteroatoms. The van der Waals surface area contributed by atoms with Crippen LogP contribution in [0.4, 0.5) is 0 Å². The van der Waals surface area contributed by atoms with Gasteiger partial charge >= 0.3 is 0 Å². The largest absolute Gasteiger partial charge is 0.327 e. The Morgan fingerprint density at radius 3 is 3.00 bits per heavy atom. The first kappa shape index (κ1) is 8.01. The molecule has 0 spiro atoms. The van der Waals surface area contributed by atoms with Gasteiger partial charge in [-0.15, -0.1) is 0 Å². The van der Waals surface area contributed by atoms with Crippen molar-refractivity contribution < 1.29 is 0 Å². The molecular formula is C8H13N3. The number of aryl methyl sites for hydroxylation is 1. The summed E-state index contributed by atoms with van der Waals surface area (Å²) in [6.45, 7) is 3.38. The zero-order valence-electron chi connectivity index (χ0n) is 6.70. The maximum Gasteiger partial charge on any atom is 0.0593 e. The zero-order valence-corrected chi connectivity index (χ0v) is 6.70. The van der Waals surface area contributed by atoms with Crippen molar-refractivity contribution in [1.82, 2.24) is 9.78 Å². The van der Waals surface area contributed by atoms with E-state index in [1.807, 2.05) is 36.0 Å². The van der Waals surface area contributed by atoms with Crippen molar-refractivity contribution in [1.29, 1.82) is 0 Å². The van der Waals surface area contributed by atoms with E-state index in [1.165, 1.54) is 0 Å². The Morgan fingerprint density at radius 1 is 1.64 bits per heavy atom. The van der Waals surface area contributed by atoms with Crippen molar-refractivity contribution in [2.24, 2.45) is 5.73 Å². The van der Waals surface area contributed by atoms with Gasteiger partial charge in [0.05, 0.1) is 12.2 Å². The number of allylic oxidation sites excluding steroid dienone is 1. The van der Waals surface area contributed by atoms with Gasteiger partial charge in [0.2, 0.25) is 0 Å². The second-order valence-corrected chi connectivity index (χ2v) is 2.39. The summed E-state index contributed by atoms with van der Waals surface area (Å²) in [6.07, 6.45) is 5.89. The van der Waals surface area contributed by atoms with Gasteiger partial charge in [-0.05, 0) is 13.0 Å². The lowest BCUT2D eigenvalue weighted by Gasteiger charge is -1.92. The maximum atomic E-state index is 5.28. The minimum Gasteiger partial charge on any atom is -0.327 e. The highest BCUT2D eigenvalue weighted by Crippen LogP contribution is 1.92. The quantitative estimate of drug-likeness (QED) is 0.646. The van der Waals surface area contributed by atoms with Crippen molar-refractivity contribution in [3.05, 3.63) is 30.1 Å². The average molecular weight is 151 g/mol. The summed E-state index contributed by atoms with van der Waals surface area (Å²) in [5, 5.41) is 4.21. The molecule has 0 bridgehead atoms. The van der Waals surface area contributed by atoms with E-state index in [-0.39, 0.29) is 0 Å². The number of rotatable bonds is 3. The molecular weight excluding hydrogens is 138 g/mol. The van der Waals surface area contributed by atoms with Crippen LogP contribution in [0.2, 0.25) is 0 Å². The molecule has 0 unspecified atom stereocenters. The molecule has 0 amide bonds. The molecule has 0 radical (unpaired) electrons. The summed E-state index contributed by atoms with van der Waals surface area (Å²) in [4.78, 5) is 0. The van der Waals surface area contributed by atoms with Gasteiger partial charge in [-0.1, -0.05) is 12.2 Å². The van der Waals surface area contributed by atoms with Crippen LogP contribution >= 0.6 is 0 Å². The van der Waals surface area contributed by atoms with Gasteiger partial charge in [0, 0.05) is 12.7 Å². The molecule has 3 nitrogen and oxygen atoms in total. The highest BCUT2D eigenvalue weighted by Gasteiger charge is 1.88. The molecule has 60 valence electrons. The lowest BCUT2D eigenvalue weighted by atomic mass is 10.5. The molecule has 0 aliphatic carbocycles. The summed E-state index contributed by atoms with van der Waals surface area (Å²) in [5.41, 5.74) is 6.33. The maximum absolute atomic E-state index is 5.28. The van der Waals surface area contributed by atoms with Crippen LogP contribution in [-0.2, 0) is 6.54 Å². The summed E-state index contributed by atoms with van der Waals surface area (Å²) < 4.78 is 1.88. The number of hydrogen-bond donors (Lipinski definition) is 1. The molecule has 0 saturated carbocycles. The number of nitrogens with two attached hydrogens (primary N) is 1. The molecule has 0 aliphatic heterocycles. The highest BCUT2D eigenvalue weighted by atomic mass is 15.3. The lowest BCUT2D eigenvalue weighted by molar-refractivity contribution is 0.693. The molecule has 0 saturated heterocycles. The topological polar surface area (TPSA) is 43.8 Å². The molecule has 2 N–H and O–H groups in total. The fraction of sp³-hybridized carbons (Fsp3) is 0.375. The molecule has 0 aromatic carbocycles. The number of aromatic nitrogens is 2. The lowest BCUT2D eigenvalue weighted by Crippen LogP contribution is -1.98. The second-order valence-electron chi connectivity index (χ2n) is 2.39. The molecule has 1 rings (SSSR count). The highest BCUT2D eigenvalue weighted by molar-refractivity contribution is 4.96. The van der Waals surface area contributed by atoms with E-state index in [0.29, 0.717) is 6.54 Å². The van der Waals surface area contributed by atoms with Crippen LogP contribution in [0.3, 0.4) is 0 Å². The van der Waals surface area contributed by atoms with Crippen LogP contribution in [-0.4, -0.2) is 16.3 Å². The third-order valence-electron chi connectivity index (χ3n) is 1.37. The minimum absolute atomic E-state index is 0.597. The first-order valence-electron chi connectivity index (χ1n) is 3.68. The number of hydrogen-bond acceptors (Lipinski definition) is 2. The van der Waals surface area contributed by atoms with E-state index in [4.69, 9.17) is 5.73 Å². The second kappa shape index (κ2) is 3.93. The van der Waals surface area contributed by atoms with Crippen LogP contribution in [0.1, 0.15) is 5.69 Å². The standard InChI is InChI=1S/C8H13N3/c1-8-4-7-11(10-8)6-3-2-5-9/h2-4,7H,5-6,9H2,1H3. The summed E-state index contributed by atoms with van der Waals surface area (Å²) in [7, 11) is 0. The Balaban J connectivity index is 2.45. The van der Waals surface area contributed by atoms with E-state index in [1.54, 1.807) is 0 Å². The van der Waals surface area contributed by atoms with E-state index in [9.17, 15) is 0 Å². The summed E-state index contributed by atoms with van der Waals surface area (Å²) >= 11 is 0. The fourth-order valence-electron chi connectivity index (χ4n) is 0.844. The third kappa shape index (κ3) is 2.55. The van der Waals surface area contributed by atoms with Crippen LogP contribution in [0.15, 0.2) is 24.4 Å². The van der Waals surface area contributed by atoms with Crippen molar-refractivity contribution >= 4 is 0 Å². The van der Waals surface area contributed by atoms with Crippen LogP contribution in [0.5, 0.6) is 0 Å².